The molecule has 4 aromatic rings. The van der Waals surface area contributed by atoms with Gasteiger partial charge in [-0.2, -0.15) is 0 Å². The van der Waals surface area contributed by atoms with Gasteiger partial charge in [0.05, 0.1) is 17.6 Å². The van der Waals surface area contributed by atoms with E-state index in [9.17, 15) is 18.8 Å². The summed E-state index contributed by atoms with van der Waals surface area (Å²) in [5, 5.41) is 9.01. The van der Waals surface area contributed by atoms with Crippen molar-refractivity contribution in [1.29, 1.82) is 0 Å². The average Bonchev–Trinajstić information content (AvgIpc) is 3.43. The lowest BCUT2D eigenvalue weighted by atomic mass is 9.88. The quantitative estimate of drug-likeness (QED) is 0.100. The molecular formula is C36H41F3N8O3S. The molecule has 6 N–H and O–H groups in total. The van der Waals surface area contributed by atoms with Gasteiger partial charge in [0.25, 0.3) is 5.56 Å². The van der Waals surface area contributed by atoms with E-state index in [0.717, 1.165) is 39.3 Å². The number of hydrogen-bond donors (Lipinski definition) is 5. The smallest absolute Gasteiger partial charge is 0.337 e. The Balaban J connectivity index is 1.76. The number of urea groups is 1. The van der Waals surface area contributed by atoms with Gasteiger partial charge < -0.3 is 26.3 Å². The second-order valence-electron chi connectivity index (χ2n) is 12.4. The number of likely N-dealkylation sites (N-methyl/N-ethyl adjacent to an activating group) is 1. The number of allylic oxidation sites excluding steroid dienone is 4. The second-order valence-corrected chi connectivity index (χ2v) is 13.4. The zero-order valence-corrected chi connectivity index (χ0v) is 29.5. The third kappa shape index (κ3) is 8.27. The number of thiophene rings is 1. The molecule has 0 radical (unpaired) electrons. The highest BCUT2D eigenvalue weighted by Crippen LogP contribution is 2.41. The number of amides is 2. The van der Waals surface area contributed by atoms with Crippen LogP contribution in [0.1, 0.15) is 43.2 Å². The van der Waals surface area contributed by atoms with Crippen molar-refractivity contribution in [3.05, 3.63) is 127 Å². The first-order chi connectivity index (χ1) is 24.4. The number of nitrogens with two attached hydrogens (primary N) is 1. The summed E-state index contributed by atoms with van der Waals surface area (Å²) in [4.78, 5) is 44.1. The molecule has 1 aliphatic rings. The third-order valence-corrected chi connectivity index (χ3v) is 9.81. The van der Waals surface area contributed by atoms with Crippen molar-refractivity contribution >= 4 is 33.2 Å². The van der Waals surface area contributed by atoms with E-state index in [1.807, 2.05) is 44.9 Å². The molecule has 5 rings (SSSR count). The molecular weight excluding hydrogens is 682 g/mol. The summed E-state index contributed by atoms with van der Waals surface area (Å²) in [5.74, 6) is 2.97. The van der Waals surface area contributed by atoms with Crippen LogP contribution in [0, 0.1) is 23.4 Å². The Labute approximate surface area is 296 Å². The molecule has 1 aliphatic carbocycles. The molecule has 2 heterocycles. The number of aromatic nitrogens is 2. The number of hydrazine groups is 1. The van der Waals surface area contributed by atoms with E-state index in [4.69, 9.17) is 5.84 Å². The molecule has 0 saturated heterocycles. The fourth-order valence-electron chi connectivity index (χ4n) is 6.17. The summed E-state index contributed by atoms with van der Waals surface area (Å²) in [6.07, 6.45) is 7.41. The second kappa shape index (κ2) is 16.3. The van der Waals surface area contributed by atoms with Crippen LogP contribution in [0.15, 0.2) is 82.3 Å². The molecule has 15 heteroatoms. The Morgan fingerprint density at radius 3 is 2.43 bits per heavy atom. The van der Waals surface area contributed by atoms with E-state index in [1.165, 1.54) is 34.1 Å². The van der Waals surface area contributed by atoms with Crippen molar-refractivity contribution in [3.63, 3.8) is 0 Å². The van der Waals surface area contributed by atoms with Crippen molar-refractivity contribution in [2.75, 3.05) is 20.1 Å². The first-order valence-corrected chi connectivity index (χ1v) is 17.3. The Kier molecular flexibility index (Phi) is 11.8. The zero-order valence-electron chi connectivity index (χ0n) is 28.7. The maximum atomic E-state index is 15.1. The molecule has 0 fully saturated rings. The van der Waals surface area contributed by atoms with Crippen LogP contribution in [0.2, 0.25) is 0 Å². The lowest BCUT2D eigenvalue weighted by Gasteiger charge is -2.25. The number of benzene rings is 2. The predicted molar refractivity (Wildman–Crippen MR) is 195 cm³/mol. The number of carbonyl (C=O) groups is 1. The molecule has 0 bridgehead atoms. The molecule has 11 nitrogen and oxygen atoms in total. The minimum Gasteiger partial charge on any atom is -0.386 e. The predicted octanol–water partition coefficient (Wildman–Crippen LogP) is 4.65. The summed E-state index contributed by atoms with van der Waals surface area (Å²) in [7, 11) is 1.90. The highest BCUT2D eigenvalue weighted by atomic mass is 32.1. The van der Waals surface area contributed by atoms with Gasteiger partial charge in [0.15, 0.2) is 0 Å². The number of hydrogen-bond acceptors (Lipinski definition) is 8. The van der Waals surface area contributed by atoms with Gasteiger partial charge in [0.1, 0.15) is 22.3 Å². The topological polar surface area (TPSA) is 138 Å². The summed E-state index contributed by atoms with van der Waals surface area (Å²) < 4.78 is 46.3. The molecule has 2 aromatic heterocycles. The van der Waals surface area contributed by atoms with Gasteiger partial charge in [-0.15, -0.1) is 11.3 Å². The Hall–Kier alpha value is -5.12. The minimum absolute atomic E-state index is 0.0373. The summed E-state index contributed by atoms with van der Waals surface area (Å²) in [6.45, 7) is 6.57. The standard InChI is InChI=1S/C36H41F3N8O3S/c1-5-41-35(49)44-24-11-14-26(21(2)17-24)32-28(19-45(4)18-22(3)42-15-16-43-40)31-33(48)47(25-12-9-23(37)10-13-25)36(50)46(34(31)51-32)20-27-29(38)7-6-8-30(27)39/h6-16,21-22,42-43H,5,17-20,40H2,1-4H3,(H2,41,44,49)/b16-15-. The van der Waals surface area contributed by atoms with Gasteiger partial charge >= 0.3 is 11.7 Å². The molecule has 51 heavy (non-hydrogen) atoms. The van der Waals surface area contributed by atoms with Crippen LogP contribution >= 0.6 is 11.3 Å². The van der Waals surface area contributed by atoms with Crippen LogP contribution in [0.5, 0.6) is 0 Å². The van der Waals surface area contributed by atoms with E-state index in [0.29, 0.717) is 30.8 Å². The lowest BCUT2D eigenvalue weighted by Crippen LogP contribution is -2.39. The van der Waals surface area contributed by atoms with Gasteiger partial charge in [-0.1, -0.05) is 19.1 Å². The molecule has 2 unspecified atom stereocenters. The van der Waals surface area contributed by atoms with Crippen molar-refractivity contribution in [1.82, 2.24) is 35.4 Å². The number of nitrogens with zero attached hydrogens (tertiary/aromatic N) is 3. The monoisotopic (exact) mass is 722 g/mol. The highest BCUT2D eigenvalue weighted by molar-refractivity contribution is 7.20. The molecule has 2 atom stereocenters. The van der Waals surface area contributed by atoms with E-state index in [-0.39, 0.29) is 46.0 Å². The summed E-state index contributed by atoms with van der Waals surface area (Å²) >= 11 is 1.20. The first-order valence-electron chi connectivity index (χ1n) is 16.4. The van der Waals surface area contributed by atoms with Crippen molar-refractivity contribution in [2.24, 2.45) is 11.8 Å². The van der Waals surface area contributed by atoms with Crippen molar-refractivity contribution < 1.29 is 18.0 Å². The Bertz CT molecular complexity index is 2100. The molecule has 2 amide bonds. The molecule has 0 spiro atoms. The van der Waals surface area contributed by atoms with Gasteiger partial charge in [0.2, 0.25) is 0 Å². The Morgan fingerprint density at radius 1 is 1.08 bits per heavy atom. The van der Waals surface area contributed by atoms with Crippen LogP contribution in [-0.2, 0) is 13.1 Å². The number of nitrogens with one attached hydrogen (secondary N) is 4. The maximum absolute atomic E-state index is 15.1. The van der Waals surface area contributed by atoms with E-state index in [1.54, 1.807) is 12.4 Å². The number of halogens is 3. The van der Waals surface area contributed by atoms with E-state index >= 15 is 8.78 Å². The fraction of sp³-hybridized carbons (Fsp3) is 0.306. The molecule has 2 aromatic carbocycles. The number of fused-ring (bicyclic) bond motifs is 1. The molecule has 0 saturated carbocycles. The fourth-order valence-corrected chi connectivity index (χ4v) is 7.61. The lowest BCUT2D eigenvalue weighted by molar-refractivity contribution is 0.243. The van der Waals surface area contributed by atoms with Gasteiger partial charge in [-0.3, -0.25) is 15.2 Å². The van der Waals surface area contributed by atoms with E-state index < -0.39 is 35.2 Å². The van der Waals surface area contributed by atoms with Crippen LogP contribution in [-0.4, -0.2) is 46.2 Å². The van der Waals surface area contributed by atoms with Crippen LogP contribution in [0.4, 0.5) is 18.0 Å². The van der Waals surface area contributed by atoms with Gasteiger partial charge in [-0.05, 0) is 86.8 Å². The first kappa shape index (κ1) is 37.1. The normalized spacial score (nSPS) is 15.2. The molecule has 270 valence electrons. The largest absolute Gasteiger partial charge is 0.386 e. The minimum atomic E-state index is -0.840. The average molecular weight is 723 g/mol. The number of rotatable bonds is 13. The van der Waals surface area contributed by atoms with Crippen LogP contribution in [0.25, 0.3) is 21.5 Å². The zero-order chi connectivity index (χ0) is 36.8. The Morgan fingerprint density at radius 2 is 1.78 bits per heavy atom. The summed E-state index contributed by atoms with van der Waals surface area (Å²) in [5.41, 5.74) is 2.94. The van der Waals surface area contributed by atoms with Crippen molar-refractivity contribution in [3.8, 4) is 5.69 Å². The number of carbonyl (C=O) groups excluding carboxylic acids is 1. The summed E-state index contributed by atoms with van der Waals surface area (Å²) in [6, 6.07) is 8.00. The van der Waals surface area contributed by atoms with E-state index in [2.05, 4.69) is 21.4 Å². The van der Waals surface area contributed by atoms with Gasteiger partial charge in [0, 0.05) is 54.2 Å². The third-order valence-electron chi connectivity index (χ3n) is 8.50. The van der Waals surface area contributed by atoms with Crippen LogP contribution in [0.3, 0.4) is 0 Å². The van der Waals surface area contributed by atoms with Gasteiger partial charge in [-0.25, -0.2) is 27.3 Å². The SMILES string of the molecule is CCNC(=O)NC1=CC=C(c2sc3c(c2CN(C)CC(C)N/C=C\NN)c(=O)n(-c2ccc(F)cc2)c(=O)n3Cc2c(F)cccc2F)C(C)C1. The van der Waals surface area contributed by atoms with Crippen molar-refractivity contribution in [2.45, 2.75) is 46.3 Å². The molecule has 0 aliphatic heterocycles. The maximum Gasteiger partial charge on any atom is 0.337 e. The highest BCUT2D eigenvalue weighted by Gasteiger charge is 2.29. The van der Waals surface area contributed by atoms with Crippen LogP contribution < -0.4 is 38.5 Å².